The Balaban J connectivity index is 3.81. The lowest BCUT2D eigenvalue weighted by atomic mass is 10.1. The molecule has 0 saturated heterocycles. The third-order valence-electron chi connectivity index (χ3n) is 1.15. The lowest BCUT2D eigenvalue weighted by molar-refractivity contribution is -0.153. The Kier molecular flexibility index (Phi) is 3.64. The molecule has 0 fully saturated rings. The van der Waals surface area contributed by atoms with Crippen LogP contribution in [0.15, 0.2) is 0 Å². The maximum atomic E-state index is 10.6. The molecular weight excluding hydrogens is 134 g/mol. The van der Waals surface area contributed by atoms with Gasteiger partial charge in [0.2, 0.25) is 0 Å². The number of carbonyl (C=O) groups is 2. The third-order valence-corrected chi connectivity index (χ3v) is 1.15. The van der Waals surface area contributed by atoms with Crippen LogP contribution in [0.1, 0.15) is 13.8 Å². The normalized spacial score (nSPS) is 12.8. The summed E-state index contributed by atoms with van der Waals surface area (Å²) in [5.41, 5.74) is 5.31. The molecule has 4 nitrogen and oxygen atoms in total. The number of nitrogens with two attached hydrogens (primary N) is 1. The van der Waals surface area contributed by atoms with E-state index in [1.54, 1.807) is 13.8 Å². The number of carbonyl (C=O) groups excluding carboxylic acids is 2. The minimum Gasteiger partial charge on any atom is -0.394 e. The Morgan fingerprint density at radius 3 is 2.40 bits per heavy atom. The highest BCUT2D eigenvalue weighted by atomic mass is 16.6. The van der Waals surface area contributed by atoms with Crippen LogP contribution in [0.4, 0.5) is 0 Å². The summed E-state index contributed by atoms with van der Waals surface area (Å²) in [6.07, 6.45) is 0. The van der Waals surface area contributed by atoms with Gasteiger partial charge in [-0.2, -0.15) is 0 Å². The zero-order chi connectivity index (χ0) is 8.15. The second kappa shape index (κ2) is 4.00. The fraction of sp³-hybridized carbons (Fsp3) is 0.667. The summed E-state index contributed by atoms with van der Waals surface area (Å²) >= 11 is 0. The van der Waals surface area contributed by atoms with E-state index in [1.165, 1.54) is 0 Å². The Morgan fingerprint density at radius 1 is 1.60 bits per heavy atom. The van der Waals surface area contributed by atoms with Crippen molar-refractivity contribution < 1.29 is 14.3 Å². The van der Waals surface area contributed by atoms with E-state index in [1.807, 2.05) is 0 Å². The summed E-state index contributed by atoms with van der Waals surface area (Å²) in [4.78, 5) is 20.2. The summed E-state index contributed by atoms with van der Waals surface area (Å²) in [5, 5.41) is 0. The van der Waals surface area contributed by atoms with E-state index in [2.05, 4.69) is 4.74 Å². The van der Waals surface area contributed by atoms with E-state index in [9.17, 15) is 9.59 Å². The molecule has 0 bridgehead atoms. The number of esters is 1. The third kappa shape index (κ3) is 2.59. The molecule has 0 aromatic carbocycles. The summed E-state index contributed by atoms with van der Waals surface area (Å²) in [5.74, 6) is -0.683. The molecule has 0 spiro atoms. The lowest BCUT2D eigenvalue weighted by Crippen LogP contribution is -2.36. The summed E-state index contributed by atoms with van der Waals surface area (Å²) in [7, 11) is 0. The fourth-order valence-electron chi connectivity index (χ4n) is 0.398. The van der Waals surface area contributed by atoms with Crippen molar-refractivity contribution in [3.05, 3.63) is 0 Å². The minimum atomic E-state index is -0.704. The first kappa shape index (κ1) is 9.10. The molecular formula is C6H11NO3. The van der Waals surface area contributed by atoms with Crippen LogP contribution in [0, 0.1) is 5.92 Å². The number of hydrogen-bond acceptors (Lipinski definition) is 4. The van der Waals surface area contributed by atoms with Crippen molar-refractivity contribution in [1.82, 2.24) is 0 Å². The fourth-order valence-corrected chi connectivity index (χ4v) is 0.398. The van der Waals surface area contributed by atoms with E-state index < -0.39 is 12.0 Å². The average molecular weight is 145 g/mol. The number of hydrogen-bond donors (Lipinski definition) is 1. The van der Waals surface area contributed by atoms with Gasteiger partial charge in [0, 0.05) is 0 Å². The van der Waals surface area contributed by atoms with Gasteiger partial charge >= 0.3 is 12.4 Å². The quantitative estimate of drug-likeness (QED) is 0.335. The first-order valence-electron chi connectivity index (χ1n) is 2.99. The highest BCUT2D eigenvalue weighted by Crippen LogP contribution is 1.98. The van der Waals surface area contributed by atoms with Gasteiger partial charge in [0.15, 0.2) is 0 Å². The highest BCUT2D eigenvalue weighted by molar-refractivity contribution is 5.81. The van der Waals surface area contributed by atoms with Gasteiger partial charge in [-0.25, -0.2) is 4.79 Å². The van der Waals surface area contributed by atoms with E-state index in [-0.39, 0.29) is 12.4 Å². The zero-order valence-electron chi connectivity index (χ0n) is 6.03. The van der Waals surface area contributed by atoms with Gasteiger partial charge in [0.25, 0.3) is 0 Å². The molecule has 0 aliphatic rings. The van der Waals surface area contributed by atoms with E-state index >= 15 is 0 Å². The molecule has 0 aromatic heterocycles. The van der Waals surface area contributed by atoms with Crippen LogP contribution in [-0.4, -0.2) is 18.5 Å². The van der Waals surface area contributed by atoms with Crippen molar-refractivity contribution in [3.8, 4) is 0 Å². The highest BCUT2D eigenvalue weighted by Gasteiger charge is 2.17. The topological polar surface area (TPSA) is 69.4 Å². The predicted molar refractivity (Wildman–Crippen MR) is 35.0 cm³/mol. The smallest absolute Gasteiger partial charge is 0.330 e. The van der Waals surface area contributed by atoms with Gasteiger partial charge in [0.05, 0.1) is 0 Å². The largest absolute Gasteiger partial charge is 0.394 e. The van der Waals surface area contributed by atoms with Gasteiger partial charge in [-0.15, -0.1) is 0 Å². The second-order valence-electron chi connectivity index (χ2n) is 2.30. The van der Waals surface area contributed by atoms with E-state index in [4.69, 9.17) is 5.73 Å². The Hall–Kier alpha value is -0.900. The molecule has 0 radical (unpaired) electrons. The summed E-state index contributed by atoms with van der Waals surface area (Å²) in [6, 6.07) is -0.704. The molecule has 0 rings (SSSR count). The first-order chi connectivity index (χ1) is 4.59. The SMILES string of the molecule is CC(C)[C@H](N)C(=O)OC=O. The van der Waals surface area contributed by atoms with E-state index in [0.717, 1.165) is 0 Å². The summed E-state index contributed by atoms with van der Waals surface area (Å²) < 4.78 is 4.02. The number of rotatable bonds is 3. The van der Waals surface area contributed by atoms with Gasteiger partial charge in [-0.1, -0.05) is 13.8 Å². The molecule has 0 unspecified atom stereocenters. The van der Waals surface area contributed by atoms with Crippen LogP contribution >= 0.6 is 0 Å². The van der Waals surface area contributed by atoms with Crippen molar-refractivity contribution in [1.29, 1.82) is 0 Å². The molecule has 0 aromatic rings. The molecule has 0 aliphatic carbocycles. The Bertz CT molecular complexity index is 133. The Morgan fingerprint density at radius 2 is 2.10 bits per heavy atom. The molecule has 0 saturated carbocycles. The van der Waals surface area contributed by atoms with Gasteiger partial charge in [-0.05, 0) is 5.92 Å². The van der Waals surface area contributed by atoms with Crippen LogP contribution in [0.2, 0.25) is 0 Å². The molecule has 58 valence electrons. The Labute approximate surface area is 59.3 Å². The lowest BCUT2D eigenvalue weighted by Gasteiger charge is -2.10. The molecule has 1 atom stereocenters. The standard InChI is InChI=1S/C6H11NO3/c1-4(2)5(7)6(9)10-3-8/h3-5H,7H2,1-2H3/t5-/m0/s1. The zero-order valence-corrected chi connectivity index (χ0v) is 6.03. The van der Waals surface area contributed by atoms with Crippen LogP contribution in [0.5, 0.6) is 0 Å². The van der Waals surface area contributed by atoms with Gasteiger partial charge in [0.1, 0.15) is 6.04 Å². The monoisotopic (exact) mass is 145 g/mol. The van der Waals surface area contributed by atoms with Crippen LogP contribution < -0.4 is 5.73 Å². The maximum Gasteiger partial charge on any atom is 0.330 e. The molecule has 4 heteroatoms. The molecule has 0 amide bonds. The second-order valence-corrected chi connectivity index (χ2v) is 2.30. The molecule has 10 heavy (non-hydrogen) atoms. The van der Waals surface area contributed by atoms with E-state index in [0.29, 0.717) is 0 Å². The molecule has 0 heterocycles. The number of ether oxygens (including phenoxy) is 1. The first-order valence-corrected chi connectivity index (χ1v) is 2.99. The average Bonchev–Trinajstić information content (AvgIpc) is 1.87. The van der Waals surface area contributed by atoms with Crippen LogP contribution in [0.25, 0.3) is 0 Å². The molecule has 0 aliphatic heterocycles. The summed E-state index contributed by atoms with van der Waals surface area (Å²) in [6.45, 7) is 3.64. The minimum absolute atomic E-state index is 0.00699. The van der Waals surface area contributed by atoms with Crippen molar-refractivity contribution >= 4 is 12.4 Å². The van der Waals surface area contributed by atoms with Crippen LogP contribution in [-0.2, 0) is 14.3 Å². The van der Waals surface area contributed by atoms with Gasteiger partial charge < -0.3 is 10.5 Å². The van der Waals surface area contributed by atoms with Crippen LogP contribution in [0.3, 0.4) is 0 Å². The van der Waals surface area contributed by atoms with Crippen molar-refractivity contribution in [2.45, 2.75) is 19.9 Å². The van der Waals surface area contributed by atoms with Gasteiger partial charge in [-0.3, -0.25) is 4.79 Å². The van der Waals surface area contributed by atoms with Crippen molar-refractivity contribution in [2.24, 2.45) is 11.7 Å². The van der Waals surface area contributed by atoms with Crippen molar-refractivity contribution in [3.63, 3.8) is 0 Å². The maximum absolute atomic E-state index is 10.6. The van der Waals surface area contributed by atoms with Crippen molar-refractivity contribution in [2.75, 3.05) is 0 Å². The predicted octanol–water partition coefficient (Wildman–Crippen LogP) is -0.331. The molecule has 2 N–H and O–H groups in total.